The normalized spacial score (nSPS) is 13.8. The standard InChI is InChI=1S/C19H21FN2O2S/c1-3-12-25(23,24)22-14-19(2,20)18-10-8-17(9-11-18)16-6-4-15(13-21)5-7-16/h4-11,22H,3,12,14H2,1-2H3. The number of halogens is 1. The Labute approximate surface area is 148 Å². The summed E-state index contributed by atoms with van der Waals surface area (Å²) < 4.78 is 40.6. The van der Waals surface area contributed by atoms with Crippen molar-refractivity contribution in [1.82, 2.24) is 4.72 Å². The number of sulfonamides is 1. The molecule has 1 atom stereocenters. The molecule has 0 aliphatic heterocycles. The number of hydrogen-bond acceptors (Lipinski definition) is 3. The van der Waals surface area contributed by atoms with E-state index in [1.165, 1.54) is 6.92 Å². The highest BCUT2D eigenvalue weighted by Crippen LogP contribution is 2.28. The molecule has 25 heavy (non-hydrogen) atoms. The lowest BCUT2D eigenvalue weighted by Gasteiger charge is -2.21. The summed E-state index contributed by atoms with van der Waals surface area (Å²) in [6.07, 6.45) is 0.484. The minimum absolute atomic E-state index is 0.0132. The van der Waals surface area contributed by atoms with E-state index in [0.29, 0.717) is 17.5 Å². The first kappa shape index (κ1) is 19.1. The van der Waals surface area contributed by atoms with E-state index in [4.69, 9.17) is 5.26 Å². The minimum atomic E-state index is -3.45. The van der Waals surface area contributed by atoms with E-state index in [1.807, 2.05) is 12.1 Å². The van der Waals surface area contributed by atoms with Crippen molar-refractivity contribution in [2.24, 2.45) is 0 Å². The minimum Gasteiger partial charge on any atom is -0.238 e. The Balaban J connectivity index is 2.13. The van der Waals surface area contributed by atoms with Gasteiger partial charge in [-0.2, -0.15) is 5.26 Å². The average molecular weight is 360 g/mol. The van der Waals surface area contributed by atoms with Gasteiger partial charge in [0.25, 0.3) is 0 Å². The fourth-order valence-electron chi connectivity index (χ4n) is 2.44. The van der Waals surface area contributed by atoms with Gasteiger partial charge in [-0.1, -0.05) is 43.3 Å². The lowest BCUT2D eigenvalue weighted by molar-refractivity contribution is 0.196. The Morgan fingerprint density at radius 1 is 1.08 bits per heavy atom. The first-order valence-electron chi connectivity index (χ1n) is 8.05. The van der Waals surface area contributed by atoms with Crippen molar-refractivity contribution in [2.75, 3.05) is 12.3 Å². The maximum absolute atomic E-state index is 14.9. The van der Waals surface area contributed by atoms with Crippen LogP contribution in [0.4, 0.5) is 4.39 Å². The van der Waals surface area contributed by atoms with Gasteiger partial charge in [-0.3, -0.25) is 0 Å². The van der Waals surface area contributed by atoms with Crippen molar-refractivity contribution in [2.45, 2.75) is 25.9 Å². The summed E-state index contributed by atoms with van der Waals surface area (Å²) in [6, 6.07) is 16.1. The molecule has 0 aliphatic carbocycles. The van der Waals surface area contributed by atoms with E-state index in [1.54, 1.807) is 43.3 Å². The Kier molecular flexibility index (Phi) is 5.93. The van der Waals surface area contributed by atoms with Crippen molar-refractivity contribution < 1.29 is 12.8 Å². The summed E-state index contributed by atoms with van der Waals surface area (Å²) in [4.78, 5) is 0. The molecule has 0 heterocycles. The first-order chi connectivity index (χ1) is 11.8. The first-order valence-corrected chi connectivity index (χ1v) is 9.70. The number of rotatable bonds is 7. The van der Waals surface area contributed by atoms with Crippen LogP contribution >= 0.6 is 0 Å². The smallest absolute Gasteiger partial charge is 0.211 e. The molecule has 0 amide bonds. The molecular weight excluding hydrogens is 339 g/mol. The summed E-state index contributed by atoms with van der Waals surface area (Å²) in [5.74, 6) is -0.0132. The number of benzene rings is 2. The predicted octanol–water partition coefficient (Wildman–Crippen LogP) is 3.74. The highest BCUT2D eigenvalue weighted by Gasteiger charge is 2.27. The molecule has 2 aromatic rings. The van der Waals surface area contributed by atoms with Gasteiger partial charge in [0.1, 0.15) is 5.67 Å². The van der Waals surface area contributed by atoms with Gasteiger partial charge in [0.15, 0.2) is 0 Å². The van der Waals surface area contributed by atoms with Crippen LogP contribution in [0, 0.1) is 11.3 Å². The largest absolute Gasteiger partial charge is 0.238 e. The third kappa shape index (κ3) is 5.12. The average Bonchev–Trinajstić information content (AvgIpc) is 2.60. The van der Waals surface area contributed by atoms with E-state index in [2.05, 4.69) is 10.8 Å². The Hall–Kier alpha value is -2.23. The molecule has 0 aromatic heterocycles. The topological polar surface area (TPSA) is 70.0 Å². The van der Waals surface area contributed by atoms with E-state index < -0.39 is 15.7 Å². The number of nitrogens with zero attached hydrogens (tertiary/aromatic N) is 1. The van der Waals surface area contributed by atoms with Crippen LogP contribution in [0.15, 0.2) is 48.5 Å². The molecule has 132 valence electrons. The third-order valence-electron chi connectivity index (χ3n) is 3.93. The second kappa shape index (κ2) is 7.77. The fraction of sp³-hybridized carbons (Fsp3) is 0.316. The van der Waals surface area contributed by atoms with Crippen LogP contribution in [-0.2, 0) is 15.7 Å². The highest BCUT2D eigenvalue weighted by atomic mass is 32.2. The van der Waals surface area contributed by atoms with Gasteiger partial charge in [0.05, 0.1) is 17.4 Å². The van der Waals surface area contributed by atoms with Gasteiger partial charge in [0, 0.05) is 6.54 Å². The van der Waals surface area contributed by atoms with Crippen molar-refractivity contribution >= 4 is 10.0 Å². The van der Waals surface area contributed by atoms with Crippen LogP contribution in [0.1, 0.15) is 31.4 Å². The summed E-state index contributed by atoms with van der Waals surface area (Å²) in [7, 11) is -3.45. The number of hydrogen-bond donors (Lipinski definition) is 1. The molecule has 0 saturated heterocycles. The van der Waals surface area contributed by atoms with Crippen LogP contribution in [0.5, 0.6) is 0 Å². The molecule has 1 unspecified atom stereocenters. The van der Waals surface area contributed by atoms with E-state index in [9.17, 15) is 12.8 Å². The lowest BCUT2D eigenvalue weighted by Crippen LogP contribution is -2.36. The second-order valence-electron chi connectivity index (χ2n) is 6.10. The molecular formula is C19H21FN2O2S. The predicted molar refractivity (Wildman–Crippen MR) is 97.1 cm³/mol. The van der Waals surface area contributed by atoms with Crippen molar-refractivity contribution in [3.05, 3.63) is 59.7 Å². The quantitative estimate of drug-likeness (QED) is 0.818. The summed E-state index contributed by atoms with van der Waals surface area (Å²) in [6.45, 7) is 2.82. The van der Waals surface area contributed by atoms with E-state index >= 15 is 0 Å². The zero-order valence-corrected chi connectivity index (χ0v) is 15.1. The molecule has 0 saturated carbocycles. The highest BCUT2D eigenvalue weighted by molar-refractivity contribution is 7.89. The van der Waals surface area contributed by atoms with E-state index in [0.717, 1.165) is 11.1 Å². The maximum atomic E-state index is 14.9. The third-order valence-corrected chi connectivity index (χ3v) is 5.46. The van der Waals surface area contributed by atoms with Gasteiger partial charge in [-0.05, 0) is 42.2 Å². The molecule has 0 radical (unpaired) electrons. The van der Waals surface area contributed by atoms with Crippen LogP contribution in [0.2, 0.25) is 0 Å². The maximum Gasteiger partial charge on any atom is 0.211 e. The van der Waals surface area contributed by atoms with Gasteiger partial charge in [0.2, 0.25) is 10.0 Å². The Morgan fingerprint density at radius 3 is 2.08 bits per heavy atom. The molecule has 2 rings (SSSR count). The molecule has 2 aromatic carbocycles. The lowest BCUT2D eigenvalue weighted by atomic mass is 9.95. The Bertz CT molecular complexity index is 852. The monoisotopic (exact) mass is 360 g/mol. The number of alkyl halides is 1. The van der Waals surface area contributed by atoms with Gasteiger partial charge in [-0.25, -0.2) is 17.5 Å². The van der Waals surface area contributed by atoms with Crippen LogP contribution in [0.3, 0.4) is 0 Å². The molecule has 6 heteroatoms. The SMILES string of the molecule is CCCS(=O)(=O)NCC(C)(F)c1ccc(-c2ccc(C#N)cc2)cc1. The molecule has 0 aliphatic rings. The number of nitriles is 1. The van der Waals surface area contributed by atoms with Crippen LogP contribution in [0.25, 0.3) is 11.1 Å². The molecule has 0 fully saturated rings. The van der Waals surface area contributed by atoms with Crippen molar-refractivity contribution in [3.63, 3.8) is 0 Å². The number of nitrogens with one attached hydrogen (secondary N) is 1. The van der Waals surface area contributed by atoms with Gasteiger partial charge < -0.3 is 0 Å². The second-order valence-corrected chi connectivity index (χ2v) is 8.03. The van der Waals surface area contributed by atoms with Gasteiger partial charge in [-0.15, -0.1) is 0 Å². The summed E-state index contributed by atoms with van der Waals surface area (Å²) in [5, 5.41) is 8.83. The Morgan fingerprint density at radius 2 is 1.60 bits per heavy atom. The molecule has 0 spiro atoms. The molecule has 0 bridgehead atoms. The fourth-order valence-corrected chi connectivity index (χ4v) is 3.61. The summed E-state index contributed by atoms with van der Waals surface area (Å²) >= 11 is 0. The molecule has 4 nitrogen and oxygen atoms in total. The van der Waals surface area contributed by atoms with Crippen LogP contribution < -0.4 is 4.72 Å². The zero-order chi connectivity index (χ0) is 18.5. The van der Waals surface area contributed by atoms with Crippen LogP contribution in [-0.4, -0.2) is 20.7 Å². The molecule has 1 N–H and O–H groups in total. The van der Waals surface area contributed by atoms with Crippen molar-refractivity contribution in [1.29, 1.82) is 5.26 Å². The van der Waals surface area contributed by atoms with Crippen molar-refractivity contribution in [3.8, 4) is 17.2 Å². The zero-order valence-electron chi connectivity index (χ0n) is 14.3. The summed E-state index contributed by atoms with van der Waals surface area (Å²) in [5.41, 5.74) is 1.01. The van der Waals surface area contributed by atoms with E-state index in [-0.39, 0.29) is 12.3 Å². The van der Waals surface area contributed by atoms with Gasteiger partial charge >= 0.3 is 0 Å².